The fraction of sp³-hybridized carbons (Fsp3) is 0.333. The summed E-state index contributed by atoms with van der Waals surface area (Å²) >= 11 is 0. The Morgan fingerprint density at radius 2 is 0.800 bits per heavy atom. The van der Waals surface area contributed by atoms with E-state index in [0.29, 0.717) is 13.1 Å². The summed E-state index contributed by atoms with van der Waals surface area (Å²) in [4.78, 5) is 0. The van der Waals surface area contributed by atoms with Gasteiger partial charge in [0.2, 0.25) is 0 Å². The molecule has 0 spiro atoms. The highest BCUT2D eigenvalue weighted by molar-refractivity contribution is 5.23. The average molecular weight is 268 g/mol. The van der Waals surface area contributed by atoms with Gasteiger partial charge in [0.25, 0.3) is 0 Å². The summed E-state index contributed by atoms with van der Waals surface area (Å²) in [5, 5.41) is 0. The number of unbranched alkanes of at least 4 members (excludes halogenated alkanes) is 1. The van der Waals surface area contributed by atoms with E-state index in [0.717, 1.165) is 12.8 Å². The predicted molar refractivity (Wildman–Crippen MR) is 85.3 cm³/mol. The van der Waals surface area contributed by atoms with Gasteiger partial charge in [0.15, 0.2) is 0 Å². The average Bonchev–Trinajstić information content (AvgIpc) is 2.53. The Kier molecular flexibility index (Phi) is 5.78. The lowest BCUT2D eigenvalue weighted by atomic mass is 10.0. The van der Waals surface area contributed by atoms with Crippen LogP contribution < -0.4 is 11.5 Å². The van der Waals surface area contributed by atoms with Gasteiger partial charge in [-0.2, -0.15) is 0 Å². The molecule has 0 bridgehead atoms. The van der Waals surface area contributed by atoms with Crippen LogP contribution in [0.3, 0.4) is 0 Å². The van der Waals surface area contributed by atoms with Crippen LogP contribution in [0.4, 0.5) is 0 Å². The van der Waals surface area contributed by atoms with Crippen LogP contribution in [0.5, 0.6) is 0 Å². The molecule has 0 saturated carbocycles. The van der Waals surface area contributed by atoms with Gasteiger partial charge in [-0.1, -0.05) is 48.5 Å². The lowest BCUT2D eigenvalue weighted by Gasteiger charge is -2.05. The van der Waals surface area contributed by atoms with Gasteiger partial charge in [-0.3, -0.25) is 0 Å². The molecular formula is C18H24N2. The first kappa shape index (κ1) is 14.8. The Labute approximate surface area is 121 Å². The number of hydrogen-bond donors (Lipinski definition) is 2. The van der Waals surface area contributed by atoms with Crippen LogP contribution in [-0.4, -0.2) is 0 Å². The van der Waals surface area contributed by atoms with Crippen LogP contribution in [0, 0.1) is 0 Å². The molecule has 2 rings (SSSR count). The lowest BCUT2D eigenvalue weighted by molar-refractivity contribution is 0.734. The van der Waals surface area contributed by atoms with Crippen molar-refractivity contribution in [3.05, 3.63) is 70.8 Å². The minimum atomic E-state index is 0.624. The molecular weight excluding hydrogens is 244 g/mol. The van der Waals surface area contributed by atoms with E-state index in [1.807, 2.05) is 0 Å². The monoisotopic (exact) mass is 268 g/mol. The van der Waals surface area contributed by atoms with Crippen LogP contribution >= 0.6 is 0 Å². The summed E-state index contributed by atoms with van der Waals surface area (Å²) in [6.45, 7) is 1.25. The zero-order valence-corrected chi connectivity index (χ0v) is 12.0. The number of rotatable bonds is 7. The molecule has 0 atom stereocenters. The van der Waals surface area contributed by atoms with Crippen LogP contribution in [0.25, 0.3) is 0 Å². The maximum Gasteiger partial charge on any atom is 0.0178 e. The summed E-state index contributed by atoms with van der Waals surface area (Å²) in [6, 6.07) is 17.3. The number of hydrogen-bond acceptors (Lipinski definition) is 2. The third kappa shape index (κ3) is 4.48. The van der Waals surface area contributed by atoms with Crippen molar-refractivity contribution in [1.82, 2.24) is 0 Å². The first-order chi connectivity index (χ1) is 9.81. The van der Waals surface area contributed by atoms with Gasteiger partial charge in [0, 0.05) is 13.1 Å². The van der Waals surface area contributed by atoms with E-state index in [9.17, 15) is 0 Å². The van der Waals surface area contributed by atoms with Crippen molar-refractivity contribution in [2.24, 2.45) is 11.5 Å². The van der Waals surface area contributed by atoms with Crippen molar-refractivity contribution < 1.29 is 0 Å². The summed E-state index contributed by atoms with van der Waals surface area (Å²) in [6.07, 6.45) is 4.73. The third-order valence-corrected chi connectivity index (χ3v) is 3.70. The van der Waals surface area contributed by atoms with Gasteiger partial charge in [0.1, 0.15) is 0 Å². The maximum atomic E-state index is 5.60. The molecule has 0 saturated heterocycles. The molecule has 0 amide bonds. The largest absolute Gasteiger partial charge is 0.326 e. The fourth-order valence-corrected chi connectivity index (χ4v) is 2.34. The van der Waals surface area contributed by atoms with E-state index in [1.54, 1.807) is 0 Å². The van der Waals surface area contributed by atoms with E-state index >= 15 is 0 Å². The molecule has 0 aliphatic carbocycles. The van der Waals surface area contributed by atoms with E-state index in [-0.39, 0.29) is 0 Å². The smallest absolute Gasteiger partial charge is 0.0178 e. The van der Waals surface area contributed by atoms with Crippen molar-refractivity contribution in [2.45, 2.75) is 38.8 Å². The highest BCUT2D eigenvalue weighted by Gasteiger charge is 1.97. The summed E-state index contributed by atoms with van der Waals surface area (Å²) in [7, 11) is 0. The second-order valence-electron chi connectivity index (χ2n) is 5.25. The van der Waals surface area contributed by atoms with Crippen molar-refractivity contribution >= 4 is 0 Å². The molecule has 2 heteroatoms. The van der Waals surface area contributed by atoms with Crippen LogP contribution in [-0.2, 0) is 25.9 Å². The molecule has 0 aromatic heterocycles. The number of nitrogens with two attached hydrogens (primary N) is 2. The van der Waals surface area contributed by atoms with Crippen LogP contribution in [0.1, 0.15) is 35.1 Å². The van der Waals surface area contributed by atoms with Gasteiger partial charge in [0.05, 0.1) is 0 Å². The van der Waals surface area contributed by atoms with E-state index in [4.69, 9.17) is 11.5 Å². The molecule has 2 aromatic rings. The maximum absolute atomic E-state index is 5.60. The van der Waals surface area contributed by atoms with Gasteiger partial charge < -0.3 is 11.5 Å². The molecule has 0 unspecified atom stereocenters. The second-order valence-corrected chi connectivity index (χ2v) is 5.25. The minimum absolute atomic E-state index is 0.624. The van der Waals surface area contributed by atoms with Crippen LogP contribution in [0.15, 0.2) is 48.5 Å². The zero-order valence-electron chi connectivity index (χ0n) is 12.0. The molecule has 106 valence electrons. The quantitative estimate of drug-likeness (QED) is 0.758. The molecule has 0 heterocycles. The highest BCUT2D eigenvalue weighted by atomic mass is 14.5. The molecule has 2 aromatic carbocycles. The topological polar surface area (TPSA) is 52.0 Å². The minimum Gasteiger partial charge on any atom is -0.326 e. The Morgan fingerprint density at radius 1 is 0.500 bits per heavy atom. The van der Waals surface area contributed by atoms with E-state index in [1.165, 1.54) is 35.1 Å². The lowest BCUT2D eigenvalue weighted by Crippen LogP contribution is -1.97. The van der Waals surface area contributed by atoms with Gasteiger partial charge in [-0.25, -0.2) is 0 Å². The van der Waals surface area contributed by atoms with E-state index in [2.05, 4.69) is 48.5 Å². The van der Waals surface area contributed by atoms with Crippen molar-refractivity contribution in [3.8, 4) is 0 Å². The zero-order chi connectivity index (χ0) is 14.2. The molecule has 0 radical (unpaired) electrons. The standard InChI is InChI=1S/C18H24N2/c19-13-17-9-5-15(6-10-17)3-1-2-4-16-7-11-18(14-20)12-8-16/h5-12H,1-4,13-14,19-20H2. The van der Waals surface area contributed by atoms with Gasteiger partial charge in [-0.15, -0.1) is 0 Å². The molecule has 0 aliphatic heterocycles. The predicted octanol–water partition coefficient (Wildman–Crippen LogP) is 3.17. The number of aryl methyl sites for hydroxylation is 2. The third-order valence-electron chi connectivity index (χ3n) is 3.70. The van der Waals surface area contributed by atoms with Crippen molar-refractivity contribution in [3.63, 3.8) is 0 Å². The van der Waals surface area contributed by atoms with Crippen LogP contribution in [0.2, 0.25) is 0 Å². The summed E-state index contributed by atoms with van der Waals surface area (Å²) in [5.74, 6) is 0. The number of benzene rings is 2. The SMILES string of the molecule is NCc1ccc(CCCCc2ccc(CN)cc2)cc1. The molecule has 20 heavy (non-hydrogen) atoms. The van der Waals surface area contributed by atoms with Gasteiger partial charge >= 0.3 is 0 Å². The Bertz CT molecular complexity index is 450. The van der Waals surface area contributed by atoms with Gasteiger partial charge in [-0.05, 0) is 47.9 Å². The van der Waals surface area contributed by atoms with E-state index < -0.39 is 0 Å². The Balaban J connectivity index is 1.72. The Morgan fingerprint density at radius 3 is 1.10 bits per heavy atom. The molecule has 2 nitrogen and oxygen atoms in total. The molecule has 0 fully saturated rings. The molecule has 0 aliphatic rings. The van der Waals surface area contributed by atoms with Crippen molar-refractivity contribution in [1.29, 1.82) is 0 Å². The second kappa shape index (κ2) is 7.83. The first-order valence-corrected chi connectivity index (χ1v) is 7.37. The summed E-state index contributed by atoms with van der Waals surface area (Å²) < 4.78 is 0. The Hall–Kier alpha value is -1.64. The van der Waals surface area contributed by atoms with Crippen molar-refractivity contribution in [2.75, 3.05) is 0 Å². The highest BCUT2D eigenvalue weighted by Crippen LogP contribution is 2.11. The summed E-state index contributed by atoms with van der Waals surface area (Å²) in [5.41, 5.74) is 16.4. The normalized spacial score (nSPS) is 10.7. The fourth-order valence-electron chi connectivity index (χ4n) is 2.34. The first-order valence-electron chi connectivity index (χ1n) is 7.37. The molecule has 4 N–H and O–H groups in total.